The molecule has 6 nitrogen and oxygen atoms in total. The summed E-state index contributed by atoms with van der Waals surface area (Å²) in [6.07, 6.45) is 5.62. The quantitative estimate of drug-likeness (QED) is 0.395. The number of hydrogen-bond donors (Lipinski definition) is 2. The van der Waals surface area contributed by atoms with E-state index in [9.17, 15) is 0 Å². The van der Waals surface area contributed by atoms with E-state index < -0.39 is 0 Å². The van der Waals surface area contributed by atoms with E-state index >= 15 is 0 Å². The summed E-state index contributed by atoms with van der Waals surface area (Å²) in [5, 5.41) is 10.9. The van der Waals surface area contributed by atoms with Crippen molar-refractivity contribution in [3.8, 4) is 5.69 Å². The Hall–Kier alpha value is -2.34. The SMILES string of the molecule is CCNC(=NCCCOCC)NCCc1ccc(-n2cccn2)cc1. The first kappa shape index (κ1) is 19.0. The van der Waals surface area contributed by atoms with Crippen molar-refractivity contribution < 1.29 is 4.74 Å². The van der Waals surface area contributed by atoms with Gasteiger partial charge in [-0.1, -0.05) is 12.1 Å². The Kier molecular flexibility index (Phi) is 8.55. The average molecular weight is 343 g/mol. The van der Waals surface area contributed by atoms with Crippen LogP contribution >= 0.6 is 0 Å². The third kappa shape index (κ3) is 6.97. The number of aliphatic imine (C=N–C) groups is 1. The molecule has 1 aromatic carbocycles. The van der Waals surface area contributed by atoms with E-state index in [1.54, 1.807) is 6.20 Å². The number of ether oxygens (including phenoxy) is 1. The minimum atomic E-state index is 0.765. The highest BCUT2D eigenvalue weighted by Gasteiger charge is 2.00. The van der Waals surface area contributed by atoms with Crippen LogP contribution < -0.4 is 10.6 Å². The van der Waals surface area contributed by atoms with Gasteiger partial charge in [-0.05, 0) is 50.5 Å². The normalized spacial score (nSPS) is 11.5. The lowest BCUT2D eigenvalue weighted by atomic mass is 10.1. The molecule has 6 heteroatoms. The average Bonchev–Trinajstić information content (AvgIpc) is 3.17. The van der Waals surface area contributed by atoms with Gasteiger partial charge in [-0.2, -0.15) is 5.10 Å². The number of rotatable bonds is 10. The molecule has 1 aromatic heterocycles. The van der Waals surface area contributed by atoms with Crippen molar-refractivity contribution in [2.24, 2.45) is 4.99 Å². The van der Waals surface area contributed by atoms with E-state index in [0.717, 1.165) is 57.3 Å². The van der Waals surface area contributed by atoms with E-state index in [1.165, 1.54) is 5.56 Å². The molecule has 1 heterocycles. The van der Waals surface area contributed by atoms with E-state index in [0.29, 0.717) is 0 Å². The van der Waals surface area contributed by atoms with E-state index in [-0.39, 0.29) is 0 Å². The maximum atomic E-state index is 5.33. The van der Waals surface area contributed by atoms with Gasteiger partial charge in [-0.25, -0.2) is 4.68 Å². The summed E-state index contributed by atoms with van der Waals surface area (Å²) in [5.41, 5.74) is 2.36. The van der Waals surface area contributed by atoms with Crippen LogP contribution in [0.15, 0.2) is 47.7 Å². The second-order valence-corrected chi connectivity index (χ2v) is 5.60. The fourth-order valence-electron chi connectivity index (χ4n) is 2.41. The monoisotopic (exact) mass is 343 g/mol. The molecule has 0 spiro atoms. The topological polar surface area (TPSA) is 63.5 Å². The molecular formula is C19H29N5O. The van der Waals surface area contributed by atoms with Gasteiger partial charge in [0.2, 0.25) is 0 Å². The summed E-state index contributed by atoms with van der Waals surface area (Å²) in [4.78, 5) is 4.57. The Bertz CT molecular complexity index is 607. The first-order valence-corrected chi connectivity index (χ1v) is 9.02. The van der Waals surface area contributed by atoms with Crippen LogP contribution in [0.1, 0.15) is 25.8 Å². The lowest BCUT2D eigenvalue weighted by Gasteiger charge is -2.11. The summed E-state index contributed by atoms with van der Waals surface area (Å²) >= 11 is 0. The molecule has 0 saturated heterocycles. The number of nitrogens with zero attached hydrogens (tertiary/aromatic N) is 3. The molecule has 0 aliphatic carbocycles. The largest absolute Gasteiger partial charge is 0.382 e. The Morgan fingerprint density at radius 2 is 2.04 bits per heavy atom. The first-order chi connectivity index (χ1) is 12.3. The Morgan fingerprint density at radius 1 is 1.20 bits per heavy atom. The highest BCUT2D eigenvalue weighted by atomic mass is 16.5. The molecule has 0 fully saturated rings. The standard InChI is InChI=1S/C19H29N5O/c1-3-20-19(21-12-6-16-25-4-2)22-14-11-17-7-9-18(10-8-17)24-15-5-13-23-24/h5,7-10,13,15H,3-4,6,11-12,14,16H2,1-2H3,(H2,20,21,22). The van der Waals surface area contributed by atoms with Crippen LogP contribution in [0.2, 0.25) is 0 Å². The molecule has 0 amide bonds. The van der Waals surface area contributed by atoms with Gasteiger partial charge in [-0.15, -0.1) is 0 Å². The molecule has 0 unspecified atom stereocenters. The van der Waals surface area contributed by atoms with Gasteiger partial charge >= 0.3 is 0 Å². The van der Waals surface area contributed by atoms with Crippen molar-refractivity contribution in [3.63, 3.8) is 0 Å². The Morgan fingerprint density at radius 3 is 2.72 bits per heavy atom. The number of aromatic nitrogens is 2. The third-order valence-electron chi connectivity index (χ3n) is 3.68. The summed E-state index contributed by atoms with van der Waals surface area (Å²) in [5.74, 6) is 0.868. The maximum absolute atomic E-state index is 5.33. The van der Waals surface area contributed by atoms with Crippen molar-refractivity contribution in [3.05, 3.63) is 48.3 Å². The zero-order valence-electron chi connectivity index (χ0n) is 15.2. The predicted molar refractivity (Wildman–Crippen MR) is 102 cm³/mol. The first-order valence-electron chi connectivity index (χ1n) is 9.02. The number of guanidine groups is 1. The summed E-state index contributed by atoms with van der Waals surface area (Å²) in [6.45, 7) is 8.09. The van der Waals surface area contributed by atoms with Crippen LogP contribution in [0.5, 0.6) is 0 Å². The molecule has 0 atom stereocenters. The van der Waals surface area contributed by atoms with Crippen molar-refractivity contribution in [1.29, 1.82) is 0 Å². The summed E-state index contributed by atoms with van der Waals surface area (Å²) in [6, 6.07) is 10.4. The fourth-order valence-corrected chi connectivity index (χ4v) is 2.41. The van der Waals surface area contributed by atoms with Crippen molar-refractivity contribution in [1.82, 2.24) is 20.4 Å². The van der Waals surface area contributed by atoms with Gasteiger partial charge in [-0.3, -0.25) is 4.99 Å². The van der Waals surface area contributed by atoms with Crippen molar-refractivity contribution in [2.75, 3.05) is 32.8 Å². The van der Waals surface area contributed by atoms with Gasteiger partial charge in [0.25, 0.3) is 0 Å². The highest BCUT2D eigenvalue weighted by Crippen LogP contribution is 2.08. The van der Waals surface area contributed by atoms with Crippen LogP contribution in [0, 0.1) is 0 Å². The van der Waals surface area contributed by atoms with Crippen molar-refractivity contribution in [2.45, 2.75) is 26.7 Å². The third-order valence-corrected chi connectivity index (χ3v) is 3.68. The highest BCUT2D eigenvalue weighted by molar-refractivity contribution is 5.79. The fraction of sp³-hybridized carbons (Fsp3) is 0.474. The van der Waals surface area contributed by atoms with E-state index in [1.807, 2.05) is 23.9 Å². The van der Waals surface area contributed by atoms with E-state index in [4.69, 9.17) is 4.74 Å². The zero-order valence-corrected chi connectivity index (χ0v) is 15.2. The molecule has 0 bridgehead atoms. The molecule has 2 rings (SSSR count). The van der Waals surface area contributed by atoms with Crippen LogP contribution in [-0.2, 0) is 11.2 Å². The van der Waals surface area contributed by atoms with Crippen LogP contribution in [-0.4, -0.2) is 48.6 Å². The van der Waals surface area contributed by atoms with Crippen LogP contribution in [0.25, 0.3) is 5.69 Å². The minimum Gasteiger partial charge on any atom is -0.382 e. The van der Waals surface area contributed by atoms with Crippen molar-refractivity contribution >= 4 is 5.96 Å². The van der Waals surface area contributed by atoms with Crippen LogP contribution in [0.4, 0.5) is 0 Å². The molecule has 2 aromatic rings. The number of hydrogen-bond acceptors (Lipinski definition) is 3. The van der Waals surface area contributed by atoms with E-state index in [2.05, 4.69) is 51.9 Å². The lowest BCUT2D eigenvalue weighted by Crippen LogP contribution is -2.38. The Labute approximate surface area is 150 Å². The van der Waals surface area contributed by atoms with Gasteiger partial charge in [0.15, 0.2) is 5.96 Å². The molecule has 136 valence electrons. The Balaban J connectivity index is 1.75. The number of nitrogens with one attached hydrogen (secondary N) is 2. The second kappa shape index (κ2) is 11.3. The van der Waals surface area contributed by atoms with Gasteiger partial charge in [0, 0.05) is 45.2 Å². The van der Waals surface area contributed by atoms with Gasteiger partial charge < -0.3 is 15.4 Å². The predicted octanol–water partition coefficient (Wildman–Crippen LogP) is 2.40. The molecule has 0 saturated carbocycles. The maximum Gasteiger partial charge on any atom is 0.191 e. The summed E-state index contributed by atoms with van der Waals surface area (Å²) in [7, 11) is 0. The second-order valence-electron chi connectivity index (χ2n) is 5.60. The minimum absolute atomic E-state index is 0.765. The zero-order chi connectivity index (χ0) is 17.7. The molecule has 0 radical (unpaired) electrons. The van der Waals surface area contributed by atoms with Gasteiger partial charge in [0.05, 0.1) is 5.69 Å². The molecule has 2 N–H and O–H groups in total. The molecule has 0 aliphatic rings. The van der Waals surface area contributed by atoms with Crippen LogP contribution in [0.3, 0.4) is 0 Å². The van der Waals surface area contributed by atoms with Gasteiger partial charge in [0.1, 0.15) is 0 Å². The molecular weight excluding hydrogens is 314 g/mol. The smallest absolute Gasteiger partial charge is 0.191 e. The number of benzene rings is 1. The molecule has 0 aliphatic heterocycles. The summed E-state index contributed by atoms with van der Waals surface area (Å²) < 4.78 is 7.20. The molecule has 25 heavy (non-hydrogen) atoms. The lowest BCUT2D eigenvalue weighted by molar-refractivity contribution is 0.146.